The summed E-state index contributed by atoms with van der Waals surface area (Å²) in [6.07, 6.45) is 6.88. The fraction of sp³-hybridized carbons (Fsp3) is 0.158. The number of nitrogens with zero attached hydrogens (tertiary/aromatic N) is 2. The largest absolute Gasteiger partial charge is 0.295 e. The summed E-state index contributed by atoms with van der Waals surface area (Å²) in [6, 6.07) is 7.96. The van der Waals surface area contributed by atoms with Gasteiger partial charge in [0.15, 0.2) is 0 Å². The monoisotopic (exact) mass is 463 g/mol. The van der Waals surface area contributed by atoms with Gasteiger partial charge >= 0.3 is 0 Å². The number of hydrogen-bond donors (Lipinski definition) is 3. The summed E-state index contributed by atoms with van der Waals surface area (Å²) in [5, 5.41) is 2.71. The maximum atomic E-state index is 11.9. The third-order valence-electron chi connectivity index (χ3n) is 4.19. The van der Waals surface area contributed by atoms with Crippen LogP contribution in [-0.4, -0.2) is 45.8 Å². The zero-order valence-electron chi connectivity index (χ0n) is 16.9. The van der Waals surface area contributed by atoms with Gasteiger partial charge in [-0.1, -0.05) is 48.8 Å². The van der Waals surface area contributed by atoms with E-state index in [1.807, 2.05) is 13.0 Å². The van der Waals surface area contributed by atoms with E-state index in [1.165, 1.54) is 52.6 Å². The molecule has 0 atom stereocenters. The minimum absolute atomic E-state index is 0.0736. The average Bonchev–Trinajstić information content (AvgIpc) is 2.69. The van der Waals surface area contributed by atoms with E-state index < -0.39 is 30.0 Å². The molecule has 9 nitrogen and oxygen atoms in total. The zero-order chi connectivity index (χ0) is 23.4. The standard InChI is InChI=1S/C19H22BN3O6S2/c1-3-4-11-22(2)23(21)17-10-8-15(19(13-17)31(27,28)29)6-5-14-7-9-16(20)12-18(14)30(24,25)26/h4-13H,3,21H2,1-2H3,(H,24,25,26)(H,27,28,29)/b6-5+,11-4-. The second kappa shape index (κ2) is 9.66. The molecule has 0 aliphatic heterocycles. The molecule has 0 aromatic heterocycles. The van der Waals surface area contributed by atoms with E-state index in [1.54, 1.807) is 13.2 Å². The highest BCUT2D eigenvalue weighted by Crippen LogP contribution is 2.25. The van der Waals surface area contributed by atoms with Crippen LogP contribution in [0.3, 0.4) is 0 Å². The van der Waals surface area contributed by atoms with Crippen LogP contribution < -0.4 is 16.4 Å². The molecule has 2 rings (SSSR count). The van der Waals surface area contributed by atoms with E-state index in [0.717, 1.165) is 12.5 Å². The first-order valence-electron chi connectivity index (χ1n) is 8.95. The van der Waals surface area contributed by atoms with Crippen LogP contribution in [0.4, 0.5) is 5.69 Å². The van der Waals surface area contributed by atoms with E-state index in [4.69, 9.17) is 13.7 Å². The molecule has 2 aromatic rings. The summed E-state index contributed by atoms with van der Waals surface area (Å²) >= 11 is 0. The van der Waals surface area contributed by atoms with Gasteiger partial charge in [0.2, 0.25) is 0 Å². The summed E-state index contributed by atoms with van der Waals surface area (Å²) in [7, 11) is -1.97. The highest BCUT2D eigenvalue weighted by Gasteiger charge is 2.18. The molecule has 4 N–H and O–H groups in total. The maximum absolute atomic E-state index is 11.9. The van der Waals surface area contributed by atoms with Crippen LogP contribution in [-0.2, 0) is 20.2 Å². The second-order valence-corrected chi connectivity index (χ2v) is 9.29. The Bertz CT molecular complexity index is 1230. The van der Waals surface area contributed by atoms with Crippen LogP contribution in [0, 0.1) is 0 Å². The molecule has 0 bridgehead atoms. The van der Waals surface area contributed by atoms with Gasteiger partial charge < -0.3 is 0 Å². The number of benzene rings is 2. The fourth-order valence-electron chi connectivity index (χ4n) is 2.63. The van der Waals surface area contributed by atoms with Crippen molar-refractivity contribution in [3.05, 3.63) is 59.8 Å². The van der Waals surface area contributed by atoms with Gasteiger partial charge in [0.25, 0.3) is 20.2 Å². The normalized spacial score (nSPS) is 12.5. The van der Waals surface area contributed by atoms with Crippen molar-refractivity contribution < 1.29 is 25.9 Å². The molecule has 0 aliphatic carbocycles. The molecule has 2 aromatic carbocycles. The predicted molar refractivity (Wildman–Crippen MR) is 121 cm³/mol. The van der Waals surface area contributed by atoms with Crippen molar-refractivity contribution in [3.63, 3.8) is 0 Å². The van der Waals surface area contributed by atoms with Crippen LogP contribution in [0.5, 0.6) is 0 Å². The van der Waals surface area contributed by atoms with Crippen LogP contribution in [0.2, 0.25) is 0 Å². The SMILES string of the molecule is [B]c1ccc(/C=C/c2ccc(N(N)N(C)/C=C\CC)cc2S(=O)(=O)O)c(S(=O)(=O)O)c1. The molecule has 0 spiro atoms. The van der Waals surface area contributed by atoms with Gasteiger partial charge in [-0.25, -0.2) is 11.0 Å². The van der Waals surface area contributed by atoms with E-state index in [2.05, 4.69) is 0 Å². The minimum Gasteiger partial charge on any atom is -0.282 e. The Balaban J connectivity index is 2.53. The first-order chi connectivity index (χ1) is 14.3. The fourth-order valence-corrected chi connectivity index (χ4v) is 4.05. The molecule has 12 heteroatoms. The molecule has 0 aliphatic rings. The van der Waals surface area contributed by atoms with Crippen molar-refractivity contribution >= 4 is 51.4 Å². The Labute approximate surface area is 183 Å². The van der Waals surface area contributed by atoms with Gasteiger partial charge in [0, 0.05) is 13.2 Å². The van der Waals surface area contributed by atoms with Crippen molar-refractivity contribution in [1.29, 1.82) is 0 Å². The molecular formula is C19H22BN3O6S2. The maximum Gasteiger partial charge on any atom is 0.295 e. The van der Waals surface area contributed by atoms with E-state index in [0.29, 0.717) is 0 Å². The number of anilines is 1. The van der Waals surface area contributed by atoms with Crippen molar-refractivity contribution in [3.8, 4) is 0 Å². The molecule has 0 heterocycles. The lowest BCUT2D eigenvalue weighted by atomic mass is 9.95. The highest BCUT2D eigenvalue weighted by atomic mass is 32.2. The van der Waals surface area contributed by atoms with Crippen LogP contribution in [0.15, 0.2) is 58.5 Å². The van der Waals surface area contributed by atoms with Crippen molar-refractivity contribution in [1.82, 2.24) is 5.01 Å². The van der Waals surface area contributed by atoms with Crippen molar-refractivity contribution in [2.24, 2.45) is 5.84 Å². The lowest BCUT2D eigenvalue weighted by Crippen LogP contribution is -2.42. The van der Waals surface area contributed by atoms with Gasteiger partial charge in [-0.3, -0.25) is 14.1 Å². The average molecular weight is 463 g/mol. The van der Waals surface area contributed by atoms with E-state index >= 15 is 0 Å². The summed E-state index contributed by atoms with van der Waals surface area (Å²) in [5.41, 5.74) is 0.549. The summed E-state index contributed by atoms with van der Waals surface area (Å²) in [4.78, 5) is -0.875. The second-order valence-electron chi connectivity index (χ2n) is 6.51. The van der Waals surface area contributed by atoms with Crippen LogP contribution in [0.1, 0.15) is 24.5 Å². The van der Waals surface area contributed by atoms with Crippen LogP contribution in [0.25, 0.3) is 12.2 Å². The summed E-state index contributed by atoms with van der Waals surface area (Å²) in [5.74, 6) is 6.00. The molecule has 0 unspecified atom stereocenters. The lowest BCUT2D eigenvalue weighted by Gasteiger charge is -2.28. The number of allylic oxidation sites excluding steroid dienone is 1. The Hall–Kier alpha value is -2.64. The molecule has 31 heavy (non-hydrogen) atoms. The van der Waals surface area contributed by atoms with Gasteiger partial charge in [-0.2, -0.15) is 16.8 Å². The zero-order valence-corrected chi connectivity index (χ0v) is 18.5. The van der Waals surface area contributed by atoms with Crippen LogP contribution >= 0.6 is 0 Å². The Morgan fingerprint density at radius 3 is 2.00 bits per heavy atom. The van der Waals surface area contributed by atoms with Gasteiger partial charge in [-0.15, -0.1) is 0 Å². The van der Waals surface area contributed by atoms with Gasteiger partial charge in [0.1, 0.15) is 17.6 Å². The molecule has 0 fully saturated rings. The van der Waals surface area contributed by atoms with Gasteiger partial charge in [0.05, 0.1) is 5.69 Å². The molecule has 0 saturated heterocycles. The van der Waals surface area contributed by atoms with E-state index in [-0.39, 0.29) is 22.3 Å². The number of hydrogen-bond acceptors (Lipinski definition) is 7. The third kappa shape index (κ3) is 6.42. The minimum atomic E-state index is -4.64. The smallest absolute Gasteiger partial charge is 0.282 e. The van der Waals surface area contributed by atoms with Crippen molar-refractivity contribution in [2.45, 2.75) is 23.1 Å². The Morgan fingerprint density at radius 2 is 1.48 bits per heavy atom. The topological polar surface area (TPSA) is 141 Å². The molecular weight excluding hydrogens is 441 g/mol. The summed E-state index contributed by atoms with van der Waals surface area (Å²) in [6.45, 7) is 1.94. The number of nitrogens with two attached hydrogens (primary N) is 1. The van der Waals surface area contributed by atoms with Gasteiger partial charge in [-0.05, 0) is 35.7 Å². The first kappa shape index (κ1) is 24.6. The lowest BCUT2D eigenvalue weighted by molar-refractivity contribution is 0.417. The Kier molecular flexibility index (Phi) is 7.68. The molecule has 0 amide bonds. The Morgan fingerprint density at radius 1 is 0.968 bits per heavy atom. The third-order valence-corrected chi connectivity index (χ3v) is 6.01. The predicted octanol–water partition coefficient (Wildman–Crippen LogP) is 1.59. The highest BCUT2D eigenvalue weighted by molar-refractivity contribution is 7.86. The number of hydrazine groups is 2. The quantitative estimate of drug-likeness (QED) is 0.175. The van der Waals surface area contributed by atoms with Crippen molar-refractivity contribution in [2.75, 3.05) is 12.2 Å². The summed E-state index contributed by atoms with van der Waals surface area (Å²) < 4.78 is 66.2. The van der Waals surface area contributed by atoms with E-state index in [9.17, 15) is 25.9 Å². The molecule has 2 radical (unpaired) electrons. The molecule has 0 saturated carbocycles. The first-order valence-corrected chi connectivity index (χ1v) is 11.8. The molecule has 164 valence electrons. The number of rotatable bonds is 8.